The fourth-order valence-corrected chi connectivity index (χ4v) is 4.07. The molecule has 3 atom stereocenters. The number of pyridine rings is 1. The number of halogens is 1. The van der Waals surface area contributed by atoms with Crippen molar-refractivity contribution < 1.29 is 18.7 Å². The lowest BCUT2D eigenvalue weighted by Gasteiger charge is -2.37. The van der Waals surface area contributed by atoms with Gasteiger partial charge in [0, 0.05) is 13.2 Å². The Labute approximate surface area is 207 Å². The highest BCUT2D eigenvalue weighted by Crippen LogP contribution is 2.37. The average Bonchev–Trinajstić information content (AvgIpc) is 2.84. The molecule has 1 amide bonds. The Morgan fingerprint density at radius 1 is 0.943 bits per heavy atom. The molecule has 0 aliphatic heterocycles. The van der Waals surface area contributed by atoms with Crippen LogP contribution in [0.15, 0.2) is 60.8 Å². The van der Waals surface area contributed by atoms with Crippen molar-refractivity contribution in [2.75, 3.05) is 7.05 Å². The van der Waals surface area contributed by atoms with Crippen LogP contribution in [0.25, 0.3) is 0 Å². The second-order valence-electron chi connectivity index (χ2n) is 9.35. The first-order valence-corrected chi connectivity index (χ1v) is 11.7. The van der Waals surface area contributed by atoms with Crippen LogP contribution in [-0.4, -0.2) is 41.0 Å². The molecular formula is C29H33FN2O3. The number of hydrogen-bond donors (Lipinski definition) is 0. The van der Waals surface area contributed by atoms with Crippen molar-refractivity contribution in [2.24, 2.45) is 0 Å². The van der Waals surface area contributed by atoms with Crippen molar-refractivity contribution >= 4 is 11.9 Å². The quantitative estimate of drug-likeness (QED) is 0.420. The van der Waals surface area contributed by atoms with E-state index in [2.05, 4.69) is 4.98 Å². The van der Waals surface area contributed by atoms with Gasteiger partial charge < -0.3 is 9.64 Å². The van der Waals surface area contributed by atoms with E-state index in [0.29, 0.717) is 5.69 Å². The van der Waals surface area contributed by atoms with Gasteiger partial charge in [0.05, 0.1) is 5.41 Å². The van der Waals surface area contributed by atoms with Gasteiger partial charge in [-0.2, -0.15) is 0 Å². The number of carbonyl (C=O) groups is 2. The Bertz CT molecular complexity index is 1160. The maximum atomic E-state index is 13.7. The van der Waals surface area contributed by atoms with Gasteiger partial charge in [-0.25, -0.2) is 9.18 Å². The van der Waals surface area contributed by atoms with Crippen molar-refractivity contribution in [1.29, 1.82) is 0 Å². The summed E-state index contributed by atoms with van der Waals surface area (Å²) in [5.74, 6) is -1.21. The zero-order valence-electron chi connectivity index (χ0n) is 21.4. The Morgan fingerprint density at radius 3 is 2.06 bits per heavy atom. The number of likely N-dealkylation sites (N-methyl/N-ethyl adjacent to an activating group) is 1. The van der Waals surface area contributed by atoms with Gasteiger partial charge in [0.15, 0.2) is 0 Å². The van der Waals surface area contributed by atoms with E-state index in [9.17, 15) is 14.0 Å². The van der Waals surface area contributed by atoms with Crippen molar-refractivity contribution in [3.63, 3.8) is 0 Å². The lowest BCUT2D eigenvalue weighted by molar-refractivity contribution is -0.155. The van der Waals surface area contributed by atoms with Crippen LogP contribution in [0.2, 0.25) is 0 Å². The van der Waals surface area contributed by atoms with Gasteiger partial charge >= 0.3 is 5.97 Å². The van der Waals surface area contributed by atoms with Crippen LogP contribution < -0.4 is 0 Å². The Kier molecular flexibility index (Phi) is 7.73. The molecular weight excluding hydrogens is 443 g/mol. The zero-order chi connectivity index (χ0) is 25.9. The lowest BCUT2D eigenvalue weighted by atomic mass is 9.72. The van der Waals surface area contributed by atoms with E-state index in [-0.39, 0.29) is 11.7 Å². The van der Waals surface area contributed by atoms with Crippen LogP contribution in [-0.2, 0) is 14.9 Å². The molecule has 2 aromatic carbocycles. The maximum absolute atomic E-state index is 13.7. The molecule has 0 aliphatic rings. The highest BCUT2D eigenvalue weighted by Gasteiger charge is 2.39. The SMILES string of the molecule is Cc1ccc(C(C)(c2ccc(F)cc2)[C@H](C)OC(=O)[C@@H](C)N(C)C(=O)c2nccc(C)c2C)cc1. The Morgan fingerprint density at radius 2 is 1.49 bits per heavy atom. The largest absolute Gasteiger partial charge is 0.460 e. The van der Waals surface area contributed by atoms with E-state index >= 15 is 0 Å². The van der Waals surface area contributed by atoms with Gasteiger partial charge in [0.1, 0.15) is 23.7 Å². The molecule has 0 N–H and O–H groups in total. The second kappa shape index (κ2) is 10.4. The number of nitrogens with zero attached hydrogens (tertiary/aromatic N) is 2. The molecule has 1 aromatic heterocycles. The standard InChI is InChI=1S/C29H33FN2O3/c1-18-8-10-23(11-9-18)29(6,24-12-14-25(30)15-13-24)22(5)35-28(34)21(4)32(7)27(33)26-20(3)19(2)16-17-31-26/h8-17,21-22H,1-7H3/t21-,22+,29?/m1/s1. The molecule has 184 valence electrons. The normalized spacial score (nSPS) is 14.5. The number of benzene rings is 2. The van der Waals surface area contributed by atoms with Crippen molar-refractivity contribution in [2.45, 2.75) is 59.1 Å². The Balaban J connectivity index is 1.87. The van der Waals surface area contributed by atoms with Crippen LogP contribution >= 0.6 is 0 Å². The minimum absolute atomic E-state index is 0.316. The summed E-state index contributed by atoms with van der Waals surface area (Å²) >= 11 is 0. The van der Waals surface area contributed by atoms with Gasteiger partial charge in [-0.15, -0.1) is 0 Å². The summed E-state index contributed by atoms with van der Waals surface area (Å²) in [6.45, 7) is 11.2. The molecule has 0 fully saturated rings. The molecule has 1 unspecified atom stereocenters. The van der Waals surface area contributed by atoms with E-state index in [1.54, 1.807) is 32.3 Å². The lowest BCUT2D eigenvalue weighted by Crippen LogP contribution is -2.46. The maximum Gasteiger partial charge on any atom is 0.328 e. The Hall–Kier alpha value is -3.54. The molecule has 5 nitrogen and oxygen atoms in total. The number of hydrogen-bond acceptors (Lipinski definition) is 4. The summed E-state index contributed by atoms with van der Waals surface area (Å²) in [4.78, 5) is 31.9. The van der Waals surface area contributed by atoms with Crippen molar-refractivity contribution in [1.82, 2.24) is 9.88 Å². The number of esters is 1. The molecule has 3 rings (SSSR count). The molecule has 6 heteroatoms. The molecule has 0 saturated carbocycles. The van der Waals surface area contributed by atoms with Crippen LogP contribution in [0.5, 0.6) is 0 Å². The minimum atomic E-state index is -0.831. The topological polar surface area (TPSA) is 59.5 Å². The zero-order valence-corrected chi connectivity index (χ0v) is 21.4. The predicted octanol–water partition coefficient (Wildman–Crippen LogP) is 5.54. The van der Waals surface area contributed by atoms with Gasteiger partial charge in [-0.3, -0.25) is 9.78 Å². The van der Waals surface area contributed by atoms with E-state index in [1.807, 2.05) is 65.0 Å². The molecule has 35 heavy (non-hydrogen) atoms. The third-order valence-electron chi connectivity index (χ3n) is 7.12. The van der Waals surface area contributed by atoms with Crippen LogP contribution in [0.1, 0.15) is 59.1 Å². The fraction of sp³-hybridized carbons (Fsp3) is 0.345. The summed E-state index contributed by atoms with van der Waals surface area (Å²) < 4.78 is 19.6. The highest BCUT2D eigenvalue weighted by atomic mass is 19.1. The number of ether oxygens (including phenoxy) is 1. The number of aryl methyl sites for hydroxylation is 2. The summed E-state index contributed by atoms with van der Waals surface area (Å²) in [7, 11) is 1.57. The summed E-state index contributed by atoms with van der Waals surface area (Å²) in [5.41, 5.74) is 4.17. The minimum Gasteiger partial charge on any atom is -0.460 e. The second-order valence-corrected chi connectivity index (χ2v) is 9.35. The number of amides is 1. The number of aromatic nitrogens is 1. The molecule has 1 heterocycles. The van der Waals surface area contributed by atoms with Crippen LogP contribution in [0, 0.1) is 26.6 Å². The van der Waals surface area contributed by atoms with Crippen molar-refractivity contribution in [3.8, 4) is 0 Å². The van der Waals surface area contributed by atoms with Gasteiger partial charge in [-0.1, -0.05) is 42.0 Å². The van der Waals surface area contributed by atoms with Gasteiger partial charge in [0.2, 0.25) is 0 Å². The molecule has 3 aromatic rings. The van der Waals surface area contributed by atoms with Crippen LogP contribution in [0.3, 0.4) is 0 Å². The van der Waals surface area contributed by atoms with Crippen LogP contribution in [0.4, 0.5) is 4.39 Å². The van der Waals surface area contributed by atoms with E-state index in [4.69, 9.17) is 4.74 Å². The average molecular weight is 477 g/mol. The summed E-state index contributed by atoms with van der Waals surface area (Å²) in [6, 6.07) is 15.2. The first-order valence-electron chi connectivity index (χ1n) is 11.7. The summed E-state index contributed by atoms with van der Waals surface area (Å²) in [5, 5.41) is 0. The third kappa shape index (κ3) is 5.26. The molecule has 0 aliphatic carbocycles. The third-order valence-corrected chi connectivity index (χ3v) is 7.12. The molecule has 0 radical (unpaired) electrons. The van der Waals surface area contributed by atoms with Gasteiger partial charge in [0.25, 0.3) is 5.91 Å². The predicted molar refractivity (Wildman–Crippen MR) is 135 cm³/mol. The smallest absolute Gasteiger partial charge is 0.328 e. The van der Waals surface area contributed by atoms with E-state index < -0.39 is 23.5 Å². The molecule has 0 bridgehead atoms. The van der Waals surface area contributed by atoms with Gasteiger partial charge in [-0.05, 0) is 82.0 Å². The van der Waals surface area contributed by atoms with Crippen molar-refractivity contribution in [3.05, 3.63) is 100 Å². The molecule has 0 spiro atoms. The summed E-state index contributed by atoms with van der Waals surface area (Å²) in [6.07, 6.45) is 0.984. The molecule has 0 saturated heterocycles. The number of rotatable bonds is 7. The number of carbonyl (C=O) groups excluding carboxylic acids is 2. The van der Waals surface area contributed by atoms with E-state index in [1.165, 1.54) is 17.0 Å². The van der Waals surface area contributed by atoms with E-state index in [0.717, 1.165) is 27.8 Å². The highest BCUT2D eigenvalue weighted by molar-refractivity contribution is 5.96. The first-order chi connectivity index (χ1) is 16.5. The fourth-order valence-electron chi connectivity index (χ4n) is 4.07. The first kappa shape index (κ1) is 26.1. The monoisotopic (exact) mass is 476 g/mol.